The van der Waals surface area contributed by atoms with Gasteiger partial charge in [-0.05, 0) is 13.0 Å². The van der Waals surface area contributed by atoms with Crippen LogP contribution >= 0.6 is 11.1 Å². The van der Waals surface area contributed by atoms with Crippen molar-refractivity contribution in [2.75, 3.05) is 6.54 Å². The second-order valence-electron chi connectivity index (χ2n) is 0.878. The largest absolute Gasteiger partial charge is 0.372 e. The van der Waals surface area contributed by atoms with Crippen LogP contribution in [-0.4, -0.2) is 15.3 Å². The van der Waals surface area contributed by atoms with E-state index in [1.165, 1.54) is 0 Å². The molecule has 4 heteroatoms. The van der Waals surface area contributed by atoms with Gasteiger partial charge in [0.25, 0.3) is 0 Å². The van der Waals surface area contributed by atoms with Gasteiger partial charge in [-0.1, -0.05) is 18.0 Å². The van der Waals surface area contributed by atoms with Crippen molar-refractivity contribution in [2.24, 2.45) is 5.73 Å². The van der Waals surface area contributed by atoms with E-state index in [0.29, 0.717) is 0 Å². The van der Waals surface area contributed by atoms with Gasteiger partial charge >= 0.3 is 8.72 Å². The van der Waals surface area contributed by atoms with E-state index < -0.39 is 8.72 Å². The van der Waals surface area contributed by atoms with E-state index >= 15 is 0 Å². The highest BCUT2D eigenvalue weighted by atomic mass is 35.6. The summed E-state index contributed by atoms with van der Waals surface area (Å²) in [5.74, 6) is 0. The van der Waals surface area contributed by atoms with Crippen LogP contribution in [0.25, 0.3) is 0 Å². The lowest BCUT2D eigenvalue weighted by Gasteiger charge is -1.70. The predicted octanol–water partition coefficient (Wildman–Crippen LogP) is 0.277. The maximum Gasteiger partial charge on any atom is 0.368 e. The van der Waals surface area contributed by atoms with Gasteiger partial charge in [-0.3, -0.25) is 0 Å². The van der Waals surface area contributed by atoms with Crippen LogP contribution < -0.4 is 5.73 Å². The molecule has 0 saturated heterocycles. The summed E-state index contributed by atoms with van der Waals surface area (Å²) in [6, 6.07) is 0. The Morgan fingerprint density at radius 1 is 1.86 bits per heavy atom. The van der Waals surface area contributed by atoms with Gasteiger partial charge in [0, 0.05) is 0 Å². The molecule has 0 radical (unpaired) electrons. The smallest absolute Gasteiger partial charge is 0.368 e. The fraction of sp³-hybridized carbons (Fsp3) is 1.00. The summed E-state index contributed by atoms with van der Waals surface area (Å²) in [7, 11) is -1.03. The highest BCUT2D eigenvalue weighted by Gasteiger charge is 1.55. The molecule has 44 valence electrons. The molecular formula is C3H10ClNOSi. The highest BCUT2D eigenvalue weighted by molar-refractivity contribution is 6.84. The molecule has 0 rings (SSSR count). The van der Waals surface area contributed by atoms with E-state index in [0.717, 1.165) is 13.0 Å². The summed E-state index contributed by atoms with van der Waals surface area (Å²) in [6.07, 6.45) is 1.10. The minimum atomic E-state index is -1.03. The van der Waals surface area contributed by atoms with Crippen LogP contribution in [-0.2, 0) is 4.46 Å². The molecule has 2 N–H and O–H groups in total. The molecule has 0 heterocycles. The molecule has 0 aliphatic rings. The Bertz CT molecular complexity index is 34.1. The van der Waals surface area contributed by atoms with Gasteiger partial charge in [0.05, 0.1) is 0 Å². The summed E-state index contributed by atoms with van der Waals surface area (Å²) in [5.41, 5.74) is 5.03. The third-order valence-corrected chi connectivity index (χ3v) is 0.289. The van der Waals surface area contributed by atoms with Gasteiger partial charge in [0.15, 0.2) is 0 Å². The molecule has 0 aliphatic carbocycles. The fourth-order valence-electron chi connectivity index (χ4n) is 0. The van der Waals surface area contributed by atoms with Crippen molar-refractivity contribution < 1.29 is 4.46 Å². The summed E-state index contributed by atoms with van der Waals surface area (Å²) in [5, 5.41) is 0. The lowest BCUT2D eigenvalue weighted by atomic mass is 10.5. The van der Waals surface area contributed by atoms with Gasteiger partial charge < -0.3 is 10.2 Å². The van der Waals surface area contributed by atoms with Gasteiger partial charge in [0.1, 0.15) is 0 Å². The standard InChI is InChI=1S/C3H9N.ClHOSi/c1-2-3-4;1-3-2/h2-4H2,1H3;3H. The molecule has 0 aromatic rings. The van der Waals surface area contributed by atoms with E-state index in [9.17, 15) is 0 Å². The first kappa shape index (κ1) is 10.3. The molecule has 0 aliphatic heterocycles. The van der Waals surface area contributed by atoms with Crippen LogP contribution in [0.3, 0.4) is 0 Å². The Labute approximate surface area is 50.6 Å². The first-order valence-corrected chi connectivity index (χ1v) is 4.29. The van der Waals surface area contributed by atoms with E-state index in [-0.39, 0.29) is 0 Å². The van der Waals surface area contributed by atoms with E-state index in [2.05, 4.69) is 18.0 Å². The number of hydrogen-bond donors (Lipinski definition) is 1. The molecule has 0 fully saturated rings. The Kier molecular flexibility index (Phi) is 23.9. The summed E-state index contributed by atoms with van der Waals surface area (Å²) < 4.78 is 8.78. The zero-order chi connectivity index (χ0) is 6.12. The van der Waals surface area contributed by atoms with E-state index in [1.54, 1.807) is 0 Å². The third-order valence-electron chi connectivity index (χ3n) is 0.289. The van der Waals surface area contributed by atoms with E-state index in [1.807, 2.05) is 0 Å². The molecule has 7 heavy (non-hydrogen) atoms. The van der Waals surface area contributed by atoms with Gasteiger partial charge in [0.2, 0.25) is 0 Å². The van der Waals surface area contributed by atoms with Crippen molar-refractivity contribution in [3.05, 3.63) is 0 Å². The zero-order valence-corrected chi connectivity index (χ0v) is 6.27. The number of nitrogens with two attached hydrogens (primary N) is 1. The Hall–Kier alpha value is 0.267. The molecule has 0 amide bonds. The monoisotopic (exact) mass is 139 g/mol. The molecule has 2 nitrogen and oxygen atoms in total. The molecule has 0 aromatic heterocycles. The van der Waals surface area contributed by atoms with Gasteiger partial charge in [-0.15, -0.1) is 0 Å². The van der Waals surface area contributed by atoms with Crippen LogP contribution in [0.4, 0.5) is 0 Å². The lowest BCUT2D eigenvalue weighted by Crippen LogP contribution is -1.93. The molecular weight excluding hydrogens is 130 g/mol. The summed E-state index contributed by atoms with van der Waals surface area (Å²) in [6.45, 7) is 2.88. The van der Waals surface area contributed by atoms with Gasteiger partial charge in [-0.2, -0.15) is 0 Å². The maximum absolute atomic E-state index is 8.78. The topological polar surface area (TPSA) is 43.1 Å². The minimum Gasteiger partial charge on any atom is -0.372 e. The van der Waals surface area contributed by atoms with Crippen LogP contribution in [0.5, 0.6) is 0 Å². The Morgan fingerprint density at radius 2 is 2.00 bits per heavy atom. The number of hydrogen-bond acceptors (Lipinski definition) is 2. The molecule has 0 saturated carbocycles. The third kappa shape index (κ3) is 71.1. The van der Waals surface area contributed by atoms with Crippen molar-refractivity contribution in [3.63, 3.8) is 0 Å². The highest BCUT2D eigenvalue weighted by Crippen LogP contribution is 1.57. The van der Waals surface area contributed by atoms with Crippen LogP contribution in [0.15, 0.2) is 0 Å². The average Bonchev–Trinajstić information content (AvgIpc) is 1.69. The normalized spacial score (nSPS) is 6.14. The average molecular weight is 140 g/mol. The Morgan fingerprint density at radius 3 is 2.00 bits per heavy atom. The maximum atomic E-state index is 8.78. The molecule has 0 bridgehead atoms. The second kappa shape index (κ2) is 16.3. The minimum absolute atomic E-state index is 0.819. The lowest BCUT2D eigenvalue weighted by molar-refractivity contribution is 0.586. The first-order valence-electron chi connectivity index (χ1n) is 2.07. The molecule has 0 unspecified atom stereocenters. The molecule has 0 spiro atoms. The number of rotatable bonds is 1. The van der Waals surface area contributed by atoms with Crippen molar-refractivity contribution in [3.8, 4) is 0 Å². The van der Waals surface area contributed by atoms with Crippen LogP contribution in [0.2, 0.25) is 0 Å². The van der Waals surface area contributed by atoms with Crippen LogP contribution in [0.1, 0.15) is 13.3 Å². The zero-order valence-electron chi connectivity index (χ0n) is 4.36. The predicted molar refractivity (Wildman–Crippen MR) is 33.0 cm³/mol. The summed E-state index contributed by atoms with van der Waals surface area (Å²) >= 11 is 4.53. The van der Waals surface area contributed by atoms with Crippen LogP contribution in [0, 0.1) is 0 Å². The van der Waals surface area contributed by atoms with Crippen molar-refractivity contribution >= 4 is 19.8 Å². The Balaban J connectivity index is 0. The van der Waals surface area contributed by atoms with Gasteiger partial charge in [-0.25, -0.2) is 0 Å². The molecule has 0 aromatic carbocycles. The van der Waals surface area contributed by atoms with E-state index in [4.69, 9.17) is 10.2 Å². The molecule has 0 atom stereocenters. The second-order valence-corrected chi connectivity index (χ2v) is 1.59. The first-order chi connectivity index (χ1) is 3.33. The number of halogens is 1. The fourth-order valence-corrected chi connectivity index (χ4v) is 0. The van der Waals surface area contributed by atoms with Crippen molar-refractivity contribution in [1.82, 2.24) is 0 Å². The van der Waals surface area contributed by atoms with Crippen molar-refractivity contribution in [1.29, 1.82) is 0 Å². The SMILES string of the molecule is CCCN.O=[SiH]Cl. The quantitative estimate of drug-likeness (QED) is 0.419. The van der Waals surface area contributed by atoms with Crippen molar-refractivity contribution in [2.45, 2.75) is 13.3 Å². The summed E-state index contributed by atoms with van der Waals surface area (Å²) in [4.78, 5) is 0.